The van der Waals surface area contributed by atoms with Crippen LogP contribution < -0.4 is 10.9 Å². The highest BCUT2D eigenvalue weighted by molar-refractivity contribution is 7.18. The maximum absolute atomic E-state index is 13.3. The van der Waals surface area contributed by atoms with E-state index in [1.165, 1.54) is 50.5 Å². The van der Waals surface area contributed by atoms with E-state index in [0.29, 0.717) is 10.2 Å². The number of fused-ring (bicyclic) bond motifs is 3. The highest BCUT2D eigenvalue weighted by atomic mass is 32.1. The van der Waals surface area contributed by atoms with Crippen LogP contribution in [0.1, 0.15) is 35.3 Å². The average molecular weight is 488 g/mol. The van der Waals surface area contributed by atoms with Gasteiger partial charge in [0.1, 0.15) is 24.0 Å². The van der Waals surface area contributed by atoms with Gasteiger partial charge in [0.25, 0.3) is 5.56 Å². The Morgan fingerprint density at radius 3 is 2.74 bits per heavy atom. The summed E-state index contributed by atoms with van der Waals surface area (Å²) < 4.78 is 42.2. The van der Waals surface area contributed by atoms with Gasteiger partial charge in [-0.1, -0.05) is 6.42 Å². The summed E-state index contributed by atoms with van der Waals surface area (Å²) >= 11 is 1.51. The lowest BCUT2D eigenvalue weighted by Gasteiger charge is -2.15. The largest absolute Gasteiger partial charge is 0.416 e. The summed E-state index contributed by atoms with van der Waals surface area (Å²) in [5.74, 6) is -0.662. The van der Waals surface area contributed by atoms with Crippen LogP contribution in [0.25, 0.3) is 15.9 Å². The molecule has 8 nitrogen and oxygen atoms in total. The van der Waals surface area contributed by atoms with Crippen molar-refractivity contribution >= 4 is 33.1 Å². The van der Waals surface area contributed by atoms with Crippen molar-refractivity contribution in [3.05, 3.63) is 63.5 Å². The van der Waals surface area contributed by atoms with E-state index in [1.54, 1.807) is 0 Å². The number of amides is 1. The molecular weight excluding hydrogens is 469 g/mol. The molecule has 3 aromatic heterocycles. The predicted molar refractivity (Wildman–Crippen MR) is 120 cm³/mol. The van der Waals surface area contributed by atoms with Crippen LogP contribution >= 0.6 is 11.3 Å². The molecule has 0 bridgehead atoms. The first-order chi connectivity index (χ1) is 16.3. The van der Waals surface area contributed by atoms with Crippen molar-refractivity contribution in [2.75, 3.05) is 5.32 Å². The Balaban J connectivity index is 1.46. The Hall–Kier alpha value is -3.54. The topological polar surface area (TPSA) is 94.7 Å². The number of aromatic nitrogens is 5. The van der Waals surface area contributed by atoms with E-state index < -0.39 is 17.6 Å². The molecule has 1 aliphatic carbocycles. The summed E-state index contributed by atoms with van der Waals surface area (Å²) in [6, 6.07) is 2.93. The number of benzene rings is 1. The molecule has 0 fully saturated rings. The minimum absolute atomic E-state index is 0.100. The van der Waals surface area contributed by atoms with Crippen molar-refractivity contribution in [1.82, 2.24) is 24.3 Å². The highest BCUT2D eigenvalue weighted by Crippen LogP contribution is 2.34. The third kappa shape index (κ3) is 4.20. The molecule has 176 valence electrons. The fourth-order valence-electron chi connectivity index (χ4n) is 4.16. The van der Waals surface area contributed by atoms with Gasteiger partial charge in [-0.2, -0.15) is 18.3 Å². The number of thiophene rings is 1. The van der Waals surface area contributed by atoms with Crippen molar-refractivity contribution in [1.29, 1.82) is 0 Å². The minimum Gasteiger partial charge on any atom is -0.323 e. The van der Waals surface area contributed by atoms with Crippen molar-refractivity contribution in [2.45, 2.75) is 44.8 Å². The zero-order valence-electron chi connectivity index (χ0n) is 17.8. The SMILES string of the molecule is O=C(Cn1cnc2sc3c(c2c1=O)CCCCC3)Nc1cc(C(F)(F)F)ccc1-n1cncn1. The van der Waals surface area contributed by atoms with Gasteiger partial charge >= 0.3 is 6.18 Å². The number of nitrogens with zero attached hydrogens (tertiary/aromatic N) is 5. The maximum Gasteiger partial charge on any atom is 0.416 e. The third-order valence-corrected chi connectivity index (χ3v) is 6.97. The van der Waals surface area contributed by atoms with E-state index in [-0.39, 0.29) is 23.5 Å². The number of aryl methyl sites for hydroxylation is 2. The minimum atomic E-state index is -4.59. The number of halogens is 3. The van der Waals surface area contributed by atoms with Crippen LogP contribution in [0.15, 0.2) is 42.0 Å². The van der Waals surface area contributed by atoms with Crippen LogP contribution in [-0.4, -0.2) is 30.2 Å². The van der Waals surface area contributed by atoms with Crippen molar-refractivity contribution in [2.24, 2.45) is 0 Å². The molecule has 1 amide bonds. The van der Waals surface area contributed by atoms with Crippen molar-refractivity contribution < 1.29 is 18.0 Å². The molecule has 1 N–H and O–H groups in total. The number of nitrogens with one attached hydrogen (secondary N) is 1. The molecule has 3 heterocycles. The monoisotopic (exact) mass is 488 g/mol. The molecule has 5 rings (SSSR count). The number of alkyl halides is 3. The van der Waals surface area contributed by atoms with E-state index in [1.807, 2.05) is 0 Å². The van der Waals surface area contributed by atoms with Crippen LogP contribution in [0.2, 0.25) is 0 Å². The molecule has 12 heteroatoms. The quantitative estimate of drug-likeness (QED) is 0.439. The second-order valence-electron chi connectivity index (χ2n) is 8.04. The zero-order valence-corrected chi connectivity index (χ0v) is 18.6. The smallest absolute Gasteiger partial charge is 0.323 e. The Labute approximate surface area is 195 Å². The fraction of sp³-hybridized carbons (Fsp3) is 0.318. The summed E-state index contributed by atoms with van der Waals surface area (Å²) in [5.41, 5.74) is -0.121. The number of carbonyl (C=O) groups excluding carboxylic acids is 1. The standard InChI is InChI=1S/C22H19F3N6O2S/c23-22(24,25)13-6-7-16(31-11-26-10-28-31)15(8-13)29-18(32)9-30-12-27-20-19(21(30)33)14-4-2-1-3-5-17(14)34-20/h6-8,10-12H,1-5,9H2,(H,29,32). The molecular formula is C22H19F3N6O2S. The van der Waals surface area contributed by atoms with Gasteiger partial charge in [0.2, 0.25) is 5.91 Å². The Morgan fingerprint density at radius 2 is 1.97 bits per heavy atom. The van der Waals surface area contributed by atoms with Crippen LogP contribution in [0, 0.1) is 0 Å². The normalized spacial score (nSPS) is 14.1. The summed E-state index contributed by atoms with van der Waals surface area (Å²) in [5, 5.41) is 6.96. The second-order valence-corrected chi connectivity index (χ2v) is 9.12. The summed E-state index contributed by atoms with van der Waals surface area (Å²) in [4.78, 5) is 36.0. The summed E-state index contributed by atoms with van der Waals surface area (Å²) in [7, 11) is 0. The molecule has 0 radical (unpaired) electrons. The number of carbonyl (C=O) groups is 1. The lowest BCUT2D eigenvalue weighted by molar-refractivity contribution is -0.137. The average Bonchev–Trinajstić information content (AvgIpc) is 3.38. The van der Waals surface area contributed by atoms with Crippen LogP contribution in [0.3, 0.4) is 0 Å². The van der Waals surface area contributed by atoms with Gasteiger partial charge in [0.05, 0.1) is 28.7 Å². The van der Waals surface area contributed by atoms with Gasteiger partial charge in [0, 0.05) is 4.88 Å². The first kappa shape index (κ1) is 22.3. The Morgan fingerprint density at radius 1 is 1.15 bits per heavy atom. The second kappa shape index (κ2) is 8.67. The molecule has 4 aromatic rings. The third-order valence-electron chi connectivity index (χ3n) is 5.77. The number of hydrogen-bond donors (Lipinski definition) is 1. The van der Waals surface area contributed by atoms with E-state index in [0.717, 1.165) is 49.8 Å². The molecule has 1 aliphatic rings. The van der Waals surface area contributed by atoms with Crippen LogP contribution in [0.4, 0.5) is 18.9 Å². The zero-order chi connectivity index (χ0) is 23.9. The fourth-order valence-corrected chi connectivity index (χ4v) is 5.38. The molecule has 0 unspecified atom stereocenters. The first-order valence-electron chi connectivity index (χ1n) is 10.7. The molecule has 0 saturated carbocycles. The number of rotatable bonds is 4. The van der Waals surface area contributed by atoms with Crippen LogP contribution in [0.5, 0.6) is 0 Å². The van der Waals surface area contributed by atoms with Crippen molar-refractivity contribution in [3.63, 3.8) is 0 Å². The van der Waals surface area contributed by atoms with Gasteiger partial charge in [-0.05, 0) is 49.4 Å². The number of anilines is 1. The molecule has 0 atom stereocenters. The molecule has 0 spiro atoms. The lowest BCUT2D eigenvalue weighted by atomic mass is 10.1. The highest BCUT2D eigenvalue weighted by Gasteiger charge is 2.31. The predicted octanol–water partition coefficient (Wildman–Crippen LogP) is 3.97. The van der Waals surface area contributed by atoms with E-state index in [9.17, 15) is 22.8 Å². The summed E-state index contributed by atoms with van der Waals surface area (Å²) in [6.07, 6.45) is 4.13. The van der Waals surface area contributed by atoms with Crippen molar-refractivity contribution in [3.8, 4) is 5.69 Å². The van der Waals surface area contributed by atoms with Gasteiger partial charge in [-0.3, -0.25) is 14.2 Å². The molecule has 0 saturated heterocycles. The van der Waals surface area contributed by atoms with E-state index in [2.05, 4.69) is 20.4 Å². The van der Waals surface area contributed by atoms with Crippen LogP contribution in [-0.2, 0) is 30.4 Å². The Kier molecular flexibility index (Phi) is 5.68. The van der Waals surface area contributed by atoms with Gasteiger partial charge in [-0.25, -0.2) is 14.6 Å². The van der Waals surface area contributed by atoms with E-state index >= 15 is 0 Å². The van der Waals surface area contributed by atoms with Gasteiger partial charge in [0.15, 0.2) is 0 Å². The number of hydrogen-bond acceptors (Lipinski definition) is 6. The lowest BCUT2D eigenvalue weighted by Crippen LogP contribution is -2.28. The Bertz CT molecular complexity index is 1430. The molecule has 0 aliphatic heterocycles. The van der Waals surface area contributed by atoms with E-state index in [4.69, 9.17) is 0 Å². The van der Waals surface area contributed by atoms with Gasteiger partial charge in [-0.15, -0.1) is 11.3 Å². The summed E-state index contributed by atoms with van der Waals surface area (Å²) in [6.45, 7) is -0.389. The van der Waals surface area contributed by atoms with Gasteiger partial charge < -0.3 is 5.32 Å². The maximum atomic E-state index is 13.3. The first-order valence-corrected chi connectivity index (χ1v) is 11.5. The molecule has 34 heavy (non-hydrogen) atoms. The molecule has 1 aromatic carbocycles.